The van der Waals surface area contributed by atoms with E-state index in [1.54, 1.807) is 48.5 Å². The van der Waals surface area contributed by atoms with Gasteiger partial charge in [0.05, 0.1) is 6.61 Å². The number of amides is 2. The Balaban J connectivity index is 2.36. The third-order valence-corrected chi connectivity index (χ3v) is 6.61. The van der Waals surface area contributed by atoms with E-state index in [1.165, 1.54) is 12.3 Å². The van der Waals surface area contributed by atoms with Crippen LogP contribution in [-0.4, -0.2) is 55.9 Å². The van der Waals surface area contributed by atoms with Crippen molar-refractivity contribution in [1.82, 2.24) is 9.55 Å². The van der Waals surface area contributed by atoms with Gasteiger partial charge in [-0.05, 0) is 47.6 Å². The molecule has 1 N–H and O–H groups in total. The summed E-state index contributed by atoms with van der Waals surface area (Å²) in [4.78, 5) is 51.5. The number of thioether (sulfide) groups is 1. The zero-order valence-electron chi connectivity index (χ0n) is 20.1. The van der Waals surface area contributed by atoms with Crippen LogP contribution in [-0.2, 0) is 18.6 Å². The number of carbonyl (C=O) groups excluding carboxylic acids is 2. The van der Waals surface area contributed by atoms with Crippen molar-refractivity contribution in [2.45, 2.75) is 76.5 Å². The maximum Gasteiger partial charge on any atom is 0.425 e. The number of rotatable bonds is 5. The van der Waals surface area contributed by atoms with Crippen LogP contribution in [0.2, 0.25) is 0 Å². The highest BCUT2D eigenvalue weighted by Crippen LogP contribution is 2.47. The second-order valence-electron chi connectivity index (χ2n) is 9.72. The van der Waals surface area contributed by atoms with Crippen LogP contribution in [0.4, 0.5) is 19.8 Å². The number of alkyl halides is 1. The Hall–Kier alpha value is -1.95. The van der Waals surface area contributed by atoms with Gasteiger partial charge in [-0.3, -0.25) is 9.13 Å². The van der Waals surface area contributed by atoms with E-state index in [9.17, 15) is 23.3 Å². The molecule has 14 heteroatoms. The Labute approximate surface area is 201 Å². The zero-order valence-corrected chi connectivity index (χ0v) is 21.9. The van der Waals surface area contributed by atoms with E-state index >= 15 is 0 Å². The van der Waals surface area contributed by atoms with E-state index in [0.29, 0.717) is 4.90 Å². The third-order valence-electron chi connectivity index (χ3n) is 4.52. The Kier molecular flexibility index (Phi) is 8.95. The molecule has 1 fully saturated rings. The molecule has 0 aliphatic carbocycles. The number of nitrogens with zero attached hydrogens (tertiary/aromatic N) is 3. The van der Waals surface area contributed by atoms with Gasteiger partial charge in [0.25, 0.3) is 0 Å². The molecule has 2 heterocycles. The normalized spacial score (nSPS) is 23.9. The third kappa shape index (κ3) is 7.53. The molecule has 34 heavy (non-hydrogen) atoms. The first-order valence-electron chi connectivity index (χ1n) is 10.5. The molecule has 1 saturated heterocycles. The number of carbonyl (C=O) groups is 2. The van der Waals surface area contributed by atoms with Gasteiger partial charge in [-0.2, -0.15) is 9.88 Å². The van der Waals surface area contributed by atoms with Crippen LogP contribution in [0.5, 0.6) is 0 Å². The monoisotopic (exact) mass is 523 g/mol. The van der Waals surface area contributed by atoms with E-state index < -0.39 is 60.0 Å². The molecule has 0 bridgehead atoms. The summed E-state index contributed by atoms with van der Waals surface area (Å²) >= 11 is 1.07. The van der Waals surface area contributed by atoms with Crippen LogP contribution in [0, 0.1) is 5.92 Å². The van der Waals surface area contributed by atoms with Gasteiger partial charge in [-0.1, -0.05) is 6.92 Å². The number of halogens is 1. The topological polar surface area (TPSA) is 137 Å². The quantitative estimate of drug-likeness (QED) is 0.566. The van der Waals surface area contributed by atoms with Gasteiger partial charge in [0.2, 0.25) is 0 Å². The number of aromatic nitrogens is 2. The summed E-state index contributed by atoms with van der Waals surface area (Å²) in [6.45, 7) is 11.1. The second kappa shape index (κ2) is 10.8. The van der Waals surface area contributed by atoms with E-state index in [1.807, 2.05) is 0 Å². The second-order valence-corrected chi connectivity index (χ2v) is 11.9. The summed E-state index contributed by atoms with van der Waals surface area (Å²) in [5.74, 6) is -0.905. The van der Waals surface area contributed by atoms with Crippen molar-refractivity contribution in [2.75, 3.05) is 11.5 Å². The van der Waals surface area contributed by atoms with E-state index in [0.717, 1.165) is 16.3 Å². The molecule has 5 atom stereocenters. The van der Waals surface area contributed by atoms with Crippen molar-refractivity contribution in [3.8, 4) is 0 Å². The van der Waals surface area contributed by atoms with E-state index in [2.05, 4.69) is 4.98 Å². The fourth-order valence-corrected chi connectivity index (χ4v) is 5.04. The number of hydrogen-bond acceptors (Lipinski definition) is 9. The number of anilines is 1. The molecule has 0 saturated carbocycles. The highest BCUT2D eigenvalue weighted by Gasteiger charge is 2.44. The van der Waals surface area contributed by atoms with Gasteiger partial charge in [-0.25, -0.2) is 18.8 Å². The lowest BCUT2D eigenvalue weighted by molar-refractivity contribution is 0.0428. The lowest BCUT2D eigenvalue weighted by Gasteiger charge is -2.28. The molecule has 0 radical (unpaired) electrons. The molecule has 1 unspecified atom stereocenters. The first-order chi connectivity index (χ1) is 15.5. The summed E-state index contributed by atoms with van der Waals surface area (Å²) in [6.07, 6.45) is -2.43. The standard InChI is InChI=1S/C20H31FN3O8PS/c1-11-12(10-30-33(28)29)34-15(14(11)21)23-9-8-13(22-16(23)25)24(17(26)31-19(2,3)4)18(27)32-20(5,6)7/h8-9,11-12,14-15,33H,10H2,1-7H3,(H,28,29)/t11-,12-,14+,15-/m1/s1. The van der Waals surface area contributed by atoms with Crippen LogP contribution in [0.1, 0.15) is 53.8 Å². The van der Waals surface area contributed by atoms with Crippen LogP contribution >= 0.6 is 20.0 Å². The van der Waals surface area contributed by atoms with Crippen molar-refractivity contribution in [3.63, 3.8) is 0 Å². The molecule has 192 valence electrons. The molecule has 2 rings (SSSR count). The summed E-state index contributed by atoms with van der Waals surface area (Å²) in [7, 11) is -3.17. The highest BCUT2D eigenvalue weighted by molar-refractivity contribution is 8.00. The maximum atomic E-state index is 15.0. The minimum Gasteiger partial charge on any atom is -0.443 e. The van der Waals surface area contributed by atoms with Gasteiger partial charge >= 0.3 is 26.1 Å². The van der Waals surface area contributed by atoms with Crippen LogP contribution in [0.25, 0.3) is 0 Å². The van der Waals surface area contributed by atoms with Crippen molar-refractivity contribution in [1.29, 1.82) is 0 Å². The summed E-state index contributed by atoms with van der Waals surface area (Å²) in [6, 6.07) is 1.21. The van der Waals surface area contributed by atoms with Crippen molar-refractivity contribution in [2.24, 2.45) is 5.92 Å². The number of hydrogen-bond donors (Lipinski definition) is 1. The Morgan fingerprint density at radius 3 is 2.18 bits per heavy atom. The summed E-state index contributed by atoms with van der Waals surface area (Å²) in [5, 5.41) is -1.44. The molecule has 0 spiro atoms. The largest absolute Gasteiger partial charge is 0.443 e. The molecule has 11 nitrogen and oxygen atoms in total. The Morgan fingerprint density at radius 1 is 1.21 bits per heavy atom. The predicted octanol–water partition coefficient (Wildman–Crippen LogP) is 3.91. The first-order valence-corrected chi connectivity index (χ1v) is 12.7. The Bertz CT molecular complexity index is 965. The zero-order chi connectivity index (χ0) is 26.0. The minimum atomic E-state index is -3.17. The summed E-state index contributed by atoms with van der Waals surface area (Å²) in [5.41, 5.74) is -2.79. The average molecular weight is 524 g/mol. The van der Waals surface area contributed by atoms with Crippen LogP contribution in [0.3, 0.4) is 0 Å². The van der Waals surface area contributed by atoms with Gasteiger partial charge in [0.1, 0.15) is 22.7 Å². The summed E-state index contributed by atoms with van der Waals surface area (Å²) < 4.78 is 42.1. The van der Waals surface area contributed by atoms with Crippen molar-refractivity contribution < 1.29 is 37.4 Å². The number of imide groups is 1. The molecule has 1 aromatic rings. The molecule has 2 amide bonds. The van der Waals surface area contributed by atoms with Crippen molar-refractivity contribution in [3.05, 3.63) is 22.7 Å². The van der Waals surface area contributed by atoms with Gasteiger partial charge in [0.15, 0.2) is 5.82 Å². The SMILES string of the molecule is C[C@H]1[C@H](F)[C@H](n2ccc(N(C(=O)OC(C)(C)C)C(=O)OC(C)(C)C)nc2=O)S[C@@H]1CO[PH](=O)O. The minimum absolute atomic E-state index is 0.150. The Morgan fingerprint density at radius 2 is 1.74 bits per heavy atom. The number of ether oxygens (including phenoxy) is 2. The van der Waals surface area contributed by atoms with Gasteiger partial charge in [0, 0.05) is 17.4 Å². The molecule has 1 aliphatic rings. The average Bonchev–Trinajstić information content (AvgIpc) is 2.92. The smallest absolute Gasteiger partial charge is 0.425 e. The molecular weight excluding hydrogens is 492 g/mol. The fraction of sp³-hybridized carbons (Fsp3) is 0.700. The van der Waals surface area contributed by atoms with Crippen molar-refractivity contribution >= 4 is 38.0 Å². The van der Waals surface area contributed by atoms with E-state index in [-0.39, 0.29) is 12.4 Å². The van der Waals surface area contributed by atoms with Gasteiger partial charge < -0.3 is 18.9 Å². The van der Waals surface area contributed by atoms with Crippen LogP contribution < -0.4 is 10.6 Å². The molecule has 1 aromatic heterocycles. The van der Waals surface area contributed by atoms with Crippen LogP contribution in [0.15, 0.2) is 17.1 Å². The first kappa shape index (κ1) is 28.3. The predicted molar refractivity (Wildman–Crippen MR) is 125 cm³/mol. The highest BCUT2D eigenvalue weighted by atomic mass is 32.2. The van der Waals surface area contributed by atoms with E-state index in [4.69, 9.17) is 18.9 Å². The molecule has 1 aliphatic heterocycles. The maximum absolute atomic E-state index is 15.0. The fourth-order valence-electron chi connectivity index (χ4n) is 3.00. The lowest BCUT2D eigenvalue weighted by atomic mass is 10.0. The molecule has 0 aromatic carbocycles. The molecular formula is C20H31FN3O8PS. The lowest BCUT2D eigenvalue weighted by Crippen LogP contribution is -2.45. The van der Waals surface area contributed by atoms with Gasteiger partial charge in [-0.15, -0.1) is 11.8 Å².